The first-order valence-corrected chi connectivity index (χ1v) is 9.94. The fourth-order valence-electron chi connectivity index (χ4n) is 3.74. The van der Waals surface area contributed by atoms with Crippen LogP contribution in [0.2, 0.25) is 0 Å². The molecule has 27 heavy (non-hydrogen) atoms. The lowest BCUT2D eigenvalue weighted by molar-refractivity contribution is -0.280. The normalized spacial score (nSPS) is 23.9. The van der Waals surface area contributed by atoms with Crippen molar-refractivity contribution < 1.29 is 19.7 Å². The molecule has 3 rings (SSSR count). The van der Waals surface area contributed by atoms with E-state index in [1.54, 1.807) is 0 Å². The van der Waals surface area contributed by atoms with Crippen molar-refractivity contribution in [3.8, 4) is 0 Å². The van der Waals surface area contributed by atoms with Crippen LogP contribution in [0.15, 0.2) is 54.6 Å². The lowest BCUT2D eigenvalue weighted by Gasteiger charge is -2.42. The van der Waals surface area contributed by atoms with Gasteiger partial charge in [0, 0.05) is 11.1 Å². The average Bonchev–Trinajstić information content (AvgIpc) is 2.74. The van der Waals surface area contributed by atoms with Crippen molar-refractivity contribution in [3.63, 3.8) is 0 Å². The van der Waals surface area contributed by atoms with E-state index in [1.807, 2.05) is 61.5 Å². The maximum atomic E-state index is 9.87. The van der Waals surface area contributed by atoms with Gasteiger partial charge in [0.1, 0.15) is 0 Å². The molecule has 2 N–H and O–H groups in total. The fraction of sp³-hybridized carbons (Fsp3) is 0.478. The Morgan fingerprint density at radius 2 is 1.85 bits per heavy atom. The number of rotatable bonds is 8. The molecule has 0 saturated carbocycles. The smallest absolute Gasteiger partial charge is 0.222 e. The van der Waals surface area contributed by atoms with Gasteiger partial charge >= 0.3 is 0 Å². The topological polar surface area (TPSA) is 58.9 Å². The largest absolute Gasteiger partial charge is 0.393 e. The second-order valence-electron chi connectivity index (χ2n) is 7.17. The van der Waals surface area contributed by atoms with E-state index in [9.17, 15) is 10.2 Å². The van der Waals surface area contributed by atoms with Crippen LogP contribution in [0.1, 0.15) is 55.7 Å². The van der Waals surface area contributed by atoms with Gasteiger partial charge in [0.2, 0.25) is 5.79 Å². The minimum atomic E-state index is -1.01. The first-order valence-electron chi connectivity index (χ1n) is 9.94. The van der Waals surface area contributed by atoms with Crippen LogP contribution in [0.5, 0.6) is 0 Å². The summed E-state index contributed by atoms with van der Waals surface area (Å²) < 4.78 is 12.9. The highest BCUT2D eigenvalue weighted by atomic mass is 16.7. The molecule has 2 aromatic carbocycles. The van der Waals surface area contributed by atoms with Crippen molar-refractivity contribution in [3.05, 3.63) is 71.3 Å². The second-order valence-corrected chi connectivity index (χ2v) is 7.17. The molecule has 4 nitrogen and oxygen atoms in total. The van der Waals surface area contributed by atoms with Crippen molar-refractivity contribution in [1.29, 1.82) is 0 Å². The van der Waals surface area contributed by atoms with Crippen LogP contribution < -0.4 is 0 Å². The van der Waals surface area contributed by atoms with Crippen LogP contribution in [0, 0.1) is 0 Å². The lowest BCUT2D eigenvalue weighted by atomic mass is 9.91. The minimum Gasteiger partial charge on any atom is -0.393 e. The number of aliphatic hydroxyl groups excluding tert-OH is 2. The standard InChI is InChI=1S/C23H30O4/c1-2-20(25)12-8-13-21-15-16-26-23(27-21,19-10-4-3-5-11-19)22-14-7-6-9-18(22)17-24/h3-7,9-11,14,20-21,24-25H,2,8,12-13,15-17H2,1H3. The van der Waals surface area contributed by atoms with E-state index < -0.39 is 5.79 Å². The van der Waals surface area contributed by atoms with E-state index in [-0.39, 0.29) is 18.8 Å². The summed E-state index contributed by atoms with van der Waals surface area (Å²) in [7, 11) is 0. The predicted molar refractivity (Wildman–Crippen MR) is 105 cm³/mol. The highest BCUT2D eigenvalue weighted by molar-refractivity contribution is 5.39. The number of ether oxygens (including phenoxy) is 2. The van der Waals surface area contributed by atoms with Crippen LogP contribution in [0.25, 0.3) is 0 Å². The van der Waals surface area contributed by atoms with Crippen molar-refractivity contribution >= 4 is 0 Å². The molecule has 146 valence electrons. The van der Waals surface area contributed by atoms with Gasteiger partial charge in [-0.05, 0) is 37.7 Å². The molecule has 3 unspecified atom stereocenters. The zero-order valence-corrected chi connectivity index (χ0v) is 16.0. The highest BCUT2D eigenvalue weighted by Crippen LogP contribution is 2.42. The van der Waals surface area contributed by atoms with Crippen molar-refractivity contribution in [2.24, 2.45) is 0 Å². The molecular formula is C23H30O4. The monoisotopic (exact) mass is 370 g/mol. The maximum absolute atomic E-state index is 9.87. The first kappa shape index (κ1) is 20.0. The van der Waals surface area contributed by atoms with Gasteiger partial charge in [0.15, 0.2) is 0 Å². The molecule has 1 saturated heterocycles. The molecule has 4 heteroatoms. The number of hydrogen-bond acceptors (Lipinski definition) is 4. The maximum Gasteiger partial charge on any atom is 0.222 e. The molecule has 1 aliphatic heterocycles. The van der Waals surface area contributed by atoms with Crippen LogP contribution in [-0.4, -0.2) is 29.0 Å². The summed E-state index contributed by atoms with van der Waals surface area (Å²) >= 11 is 0. The Morgan fingerprint density at radius 3 is 2.59 bits per heavy atom. The third kappa shape index (κ3) is 4.58. The molecule has 1 aliphatic rings. The molecule has 0 radical (unpaired) electrons. The Labute approximate surface area is 161 Å². The Balaban J connectivity index is 1.89. The third-order valence-corrected chi connectivity index (χ3v) is 5.31. The second kappa shape index (κ2) is 9.47. The van der Waals surface area contributed by atoms with E-state index in [2.05, 4.69) is 0 Å². The SMILES string of the molecule is CCC(O)CCCC1CCOC(c2ccccc2)(c2ccccc2CO)O1. The molecule has 0 spiro atoms. The molecule has 0 amide bonds. The van der Waals surface area contributed by atoms with Gasteiger partial charge in [-0.2, -0.15) is 0 Å². The summed E-state index contributed by atoms with van der Waals surface area (Å²) in [5.74, 6) is -1.01. The highest BCUT2D eigenvalue weighted by Gasteiger charge is 2.43. The van der Waals surface area contributed by atoms with E-state index in [0.29, 0.717) is 6.61 Å². The summed E-state index contributed by atoms with van der Waals surface area (Å²) in [6.07, 6.45) is 4.03. The molecule has 3 atom stereocenters. The van der Waals surface area contributed by atoms with Gasteiger partial charge < -0.3 is 19.7 Å². The zero-order chi connectivity index (χ0) is 19.1. The molecule has 1 heterocycles. The van der Waals surface area contributed by atoms with Crippen LogP contribution >= 0.6 is 0 Å². The molecule has 1 fully saturated rings. The van der Waals surface area contributed by atoms with Crippen molar-refractivity contribution in [1.82, 2.24) is 0 Å². The number of aliphatic hydroxyl groups is 2. The molecule has 0 bridgehead atoms. The molecule has 0 aliphatic carbocycles. The predicted octanol–water partition coefficient (Wildman–Crippen LogP) is 4.13. The van der Waals surface area contributed by atoms with Crippen molar-refractivity contribution in [2.45, 2.75) is 63.6 Å². The quantitative estimate of drug-likeness (QED) is 0.734. The van der Waals surface area contributed by atoms with Gasteiger partial charge in [-0.15, -0.1) is 0 Å². The molecule has 0 aromatic heterocycles. The van der Waals surface area contributed by atoms with E-state index in [0.717, 1.165) is 48.8 Å². The van der Waals surface area contributed by atoms with E-state index in [4.69, 9.17) is 9.47 Å². The van der Waals surface area contributed by atoms with Crippen molar-refractivity contribution in [2.75, 3.05) is 6.61 Å². The molecular weight excluding hydrogens is 340 g/mol. The summed E-state index contributed by atoms with van der Waals surface area (Å²) in [6.45, 7) is 2.53. The molecule has 2 aromatic rings. The fourth-order valence-corrected chi connectivity index (χ4v) is 3.74. The van der Waals surface area contributed by atoms with Gasteiger partial charge in [0.05, 0.1) is 25.4 Å². The van der Waals surface area contributed by atoms with Gasteiger partial charge in [-0.25, -0.2) is 0 Å². The third-order valence-electron chi connectivity index (χ3n) is 5.31. The summed E-state index contributed by atoms with van der Waals surface area (Å²) in [6, 6.07) is 17.7. The Morgan fingerprint density at radius 1 is 1.11 bits per heavy atom. The van der Waals surface area contributed by atoms with E-state index >= 15 is 0 Å². The zero-order valence-electron chi connectivity index (χ0n) is 16.0. The van der Waals surface area contributed by atoms with Crippen LogP contribution in [0.4, 0.5) is 0 Å². The Hall–Kier alpha value is -1.72. The number of benzene rings is 2. The minimum absolute atomic E-state index is 0.0507. The summed E-state index contributed by atoms with van der Waals surface area (Å²) in [5.41, 5.74) is 2.60. The van der Waals surface area contributed by atoms with Crippen LogP contribution in [-0.2, 0) is 21.9 Å². The summed E-state index contributed by atoms with van der Waals surface area (Å²) in [5, 5.41) is 19.7. The average molecular weight is 370 g/mol. The number of hydrogen-bond donors (Lipinski definition) is 2. The van der Waals surface area contributed by atoms with Gasteiger partial charge in [0.25, 0.3) is 0 Å². The Bertz CT molecular complexity index is 703. The Kier molecular flexibility index (Phi) is 7.02. The first-order chi connectivity index (χ1) is 13.2. The van der Waals surface area contributed by atoms with Gasteiger partial charge in [-0.1, -0.05) is 61.5 Å². The van der Waals surface area contributed by atoms with E-state index in [1.165, 1.54) is 0 Å². The van der Waals surface area contributed by atoms with Gasteiger partial charge in [-0.3, -0.25) is 0 Å². The van der Waals surface area contributed by atoms with Crippen LogP contribution in [0.3, 0.4) is 0 Å². The summed E-state index contributed by atoms with van der Waals surface area (Å²) in [4.78, 5) is 0. The lowest BCUT2D eigenvalue weighted by Crippen LogP contribution is -2.44.